The molecule has 28 N–H and O–H groups in total. The molecule has 0 heterocycles. The number of primary amides is 2. The smallest absolute Gasteiger partial charge is 0.243 e. The number of unbranched alkanes of at least 4 members (excludes halogenated alkanes) is 3. The van der Waals surface area contributed by atoms with Crippen LogP contribution in [0.4, 0.5) is 0 Å². The van der Waals surface area contributed by atoms with E-state index < -0.39 is 169 Å². The molecule has 0 aliphatic rings. The second-order valence-corrected chi connectivity index (χ2v) is 28.1. The number of nitrogens with two attached hydrogens (primary N) is 8. The Balaban J connectivity index is 1.46. The number of carbonyl (C=O) groups is 13. The Bertz CT molecular complexity index is 3980. The fourth-order valence-corrected chi connectivity index (χ4v) is 12.4. The summed E-state index contributed by atoms with van der Waals surface area (Å²) in [6.45, 7) is 4.33. The molecule has 0 bridgehead atoms. The first-order chi connectivity index (χ1) is 53.5. The van der Waals surface area contributed by atoms with Gasteiger partial charge in [0.1, 0.15) is 60.4 Å². The van der Waals surface area contributed by atoms with Crippen molar-refractivity contribution in [1.82, 2.24) is 58.5 Å². The van der Waals surface area contributed by atoms with Gasteiger partial charge in [-0.1, -0.05) is 136 Å². The number of amides is 13. The molecule has 0 spiro atoms. The molecule has 610 valence electrons. The maximum absolute atomic E-state index is 15.2. The number of fused-ring (bicyclic) bond motifs is 2. The molecule has 0 aliphatic carbocycles. The standard InChI is InChI=1S/C78H114N20O14/c1-46(2)40-60(95-69(104)55(82)30-11-14-36-79)74(109)96-61(41-48-20-5-4-6-21-48)75(110)93-58(33-19-39-87-78(85)86)73(108)98-63(43-52-27-18-25-50-23-8-10-29-54(50)52)77(112)94-59(34-35-65(83)100)71(106)89-47(3)68(103)91-57(32-13-16-38-81)72(107)97-62(42-51-26-17-24-49-22-7-9-28-53(49)51)76(111)92-56(31-12-15-37-80)70(105)88-44-66(101)90-64(45-99)67(84)102/h4-10,17-18,20-29,46-47,55-64,99H,11-16,19,30-45,79-82H2,1-3H3,(H2,83,100)(H2,84,102)(H,88,105)(H,89,106)(H,90,101)(H,91,103)(H,92,111)(H,93,110)(H,94,112)(H,95,104)(H,96,109)(H,97,107)(H,98,108)(H4,85,86,87)/t47-,55-,56-,57-,58-,59-,60-,61-,62-,63-,64-/m1/s1. The number of rotatable bonds is 51. The molecule has 0 fully saturated rings. The number of aliphatic hydroxyl groups is 1. The third-order valence-corrected chi connectivity index (χ3v) is 18.5. The summed E-state index contributed by atoms with van der Waals surface area (Å²) < 4.78 is 0. The van der Waals surface area contributed by atoms with Crippen molar-refractivity contribution in [2.24, 2.45) is 56.8 Å². The largest absolute Gasteiger partial charge is 0.394 e. The Morgan fingerprint density at radius 1 is 0.393 bits per heavy atom. The summed E-state index contributed by atoms with van der Waals surface area (Å²) >= 11 is 0. The lowest BCUT2D eigenvalue weighted by atomic mass is 9.97. The molecule has 34 nitrogen and oxygen atoms in total. The maximum Gasteiger partial charge on any atom is 0.243 e. The van der Waals surface area contributed by atoms with Crippen LogP contribution in [-0.2, 0) is 81.6 Å². The zero-order valence-electron chi connectivity index (χ0n) is 64.0. The minimum Gasteiger partial charge on any atom is -0.394 e. The zero-order chi connectivity index (χ0) is 82.2. The van der Waals surface area contributed by atoms with Crippen LogP contribution in [-0.4, -0.2) is 194 Å². The van der Waals surface area contributed by atoms with Gasteiger partial charge in [-0.25, -0.2) is 0 Å². The van der Waals surface area contributed by atoms with Gasteiger partial charge in [0.05, 0.1) is 19.2 Å². The Labute approximate surface area is 651 Å². The van der Waals surface area contributed by atoms with Gasteiger partial charge in [-0.2, -0.15) is 0 Å². The van der Waals surface area contributed by atoms with Crippen LogP contribution in [0.1, 0.15) is 127 Å². The van der Waals surface area contributed by atoms with E-state index in [2.05, 4.69) is 63.5 Å². The van der Waals surface area contributed by atoms with E-state index in [0.717, 1.165) is 16.2 Å². The molecule has 0 saturated heterocycles. The van der Waals surface area contributed by atoms with E-state index in [9.17, 15) is 57.8 Å². The summed E-state index contributed by atoms with van der Waals surface area (Å²) in [5.74, 6) is -11.6. The van der Waals surface area contributed by atoms with Crippen molar-refractivity contribution in [2.75, 3.05) is 39.3 Å². The second-order valence-electron chi connectivity index (χ2n) is 28.1. The van der Waals surface area contributed by atoms with Gasteiger partial charge in [-0.05, 0) is 148 Å². The third kappa shape index (κ3) is 31.6. The predicted molar refractivity (Wildman–Crippen MR) is 424 cm³/mol. The fraction of sp³-hybridized carbons (Fsp3) is 0.487. The molecule has 0 radical (unpaired) electrons. The fourth-order valence-electron chi connectivity index (χ4n) is 12.4. The van der Waals surface area contributed by atoms with Crippen LogP contribution >= 0.6 is 0 Å². The average Bonchev–Trinajstić information content (AvgIpc) is 0.820. The molecule has 0 aliphatic heterocycles. The van der Waals surface area contributed by atoms with E-state index >= 15 is 9.59 Å². The summed E-state index contributed by atoms with van der Waals surface area (Å²) in [6.07, 6.45) is 1.63. The van der Waals surface area contributed by atoms with Gasteiger partial charge in [-0.3, -0.25) is 67.3 Å². The van der Waals surface area contributed by atoms with Crippen molar-refractivity contribution in [3.05, 3.63) is 132 Å². The summed E-state index contributed by atoms with van der Waals surface area (Å²) in [7, 11) is 0. The summed E-state index contributed by atoms with van der Waals surface area (Å²) in [4.78, 5) is 187. The van der Waals surface area contributed by atoms with Crippen molar-refractivity contribution in [3.63, 3.8) is 0 Å². The van der Waals surface area contributed by atoms with Gasteiger partial charge in [0.25, 0.3) is 0 Å². The third-order valence-electron chi connectivity index (χ3n) is 18.5. The van der Waals surface area contributed by atoms with E-state index in [1.54, 1.807) is 72.8 Å². The van der Waals surface area contributed by atoms with E-state index in [4.69, 9.17) is 45.9 Å². The normalized spacial score (nSPS) is 14.1. The molecule has 34 heteroatoms. The highest BCUT2D eigenvalue weighted by Gasteiger charge is 2.37. The molecule has 0 saturated carbocycles. The van der Waals surface area contributed by atoms with Crippen molar-refractivity contribution in [2.45, 2.75) is 196 Å². The molecule has 13 amide bonds. The molecule has 0 aromatic heterocycles. The molecule has 112 heavy (non-hydrogen) atoms. The Morgan fingerprint density at radius 3 is 1.27 bits per heavy atom. The Kier molecular flexibility index (Phi) is 39.5. The van der Waals surface area contributed by atoms with Crippen molar-refractivity contribution < 1.29 is 67.4 Å². The van der Waals surface area contributed by atoms with Gasteiger partial charge in [0.2, 0.25) is 76.8 Å². The minimum atomic E-state index is -1.65. The highest BCUT2D eigenvalue weighted by atomic mass is 16.3. The van der Waals surface area contributed by atoms with Crippen LogP contribution in [0.3, 0.4) is 0 Å². The number of nitrogens with zero attached hydrogens (tertiary/aromatic N) is 1. The topological polar surface area (TPSA) is 595 Å². The van der Waals surface area contributed by atoms with Crippen LogP contribution in [0.15, 0.2) is 120 Å². The van der Waals surface area contributed by atoms with Crippen LogP contribution in [0, 0.1) is 5.92 Å². The van der Waals surface area contributed by atoms with Gasteiger partial charge in [-0.15, -0.1) is 0 Å². The molecule has 11 atom stereocenters. The highest BCUT2D eigenvalue weighted by molar-refractivity contribution is 6.00. The van der Waals surface area contributed by atoms with E-state index in [0.29, 0.717) is 67.1 Å². The molecule has 5 aromatic carbocycles. The van der Waals surface area contributed by atoms with Gasteiger partial charge < -0.3 is 109 Å². The minimum absolute atomic E-state index is 0.0119. The quantitative estimate of drug-likeness (QED) is 0.0109. The summed E-state index contributed by atoms with van der Waals surface area (Å²) in [6, 6.07) is 18.7. The van der Waals surface area contributed by atoms with Gasteiger partial charge >= 0.3 is 0 Å². The molecular formula is C78H114N20O14. The Hall–Kier alpha value is -11.2. The molecular weight excluding hydrogens is 1440 g/mol. The number of carbonyl (C=O) groups excluding carboxylic acids is 13. The second kappa shape index (κ2) is 48.4. The first kappa shape index (κ1) is 91.4. The molecule has 5 aromatic rings. The molecule has 0 unspecified atom stereocenters. The molecule has 5 rings (SSSR count). The lowest BCUT2D eigenvalue weighted by Crippen LogP contribution is -2.61. The first-order valence-electron chi connectivity index (χ1n) is 37.9. The lowest BCUT2D eigenvalue weighted by molar-refractivity contribution is -0.136. The summed E-state index contributed by atoms with van der Waals surface area (Å²) in [5, 5.41) is 41.7. The lowest BCUT2D eigenvalue weighted by Gasteiger charge is -2.28. The number of benzene rings is 5. The average molecular weight is 1560 g/mol. The monoisotopic (exact) mass is 1550 g/mol. The van der Waals surface area contributed by atoms with Crippen molar-refractivity contribution in [1.29, 1.82) is 0 Å². The Morgan fingerprint density at radius 2 is 0.795 bits per heavy atom. The van der Waals surface area contributed by atoms with Gasteiger partial charge in [0, 0.05) is 32.2 Å². The van der Waals surface area contributed by atoms with Crippen LogP contribution in [0.5, 0.6) is 0 Å². The van der Waals surface area contributed by atoms with Crippen molar-refractivity contribution in [3.8, 4) is 0 Å². The van der Waals surface area contributed by atoms with E-state index in [1.807, 2.05) is 56.3 Å². The first-order valence-corrected chi connectivity index (χ1v) is 37.9. The van der Waals surface area contributed by atoms with Crippen molar-refractivity contribution >= 4 is 104 Å². The predicted octanol–water partition coefficient (Wildman–Crippen LogP) is -2.44. The maximum atomic E-state index is 15.2. The number of hydrogen-bond acceptors (Lipinski definition) is 19. The number of nitrogens with one attached hydrogen (secondary N) is 11. The summed E-state index contributed by atoms with van der Waals surface area (Å²) in [5.41, 5.74) is 47.6. The van der Waals surface area contributed by atoms with Gasteiger partial charge in [0.15, 0.2) is 5.96 Å². The highest BCUT2D eigenvalue weighted by Crippen LogP contribution is 2.23. The number of aliphatic hydroxyl groups excluding tert-OH is 1. The van der Waals surface area contributed by atoms with E-state index in [1.165, 1.54) is 6.92 Å². The van der Waals surface area contributed by atoms with Crippen LogP contribution in [0.25, 0.3) is 21.5 Å². The number of aliphatic imine (C=N–C) groups is 1. The van der Waals surface area contributed by atoms with E-state index in [-0.39, 0.29) is 89.3 Å². The number of guanidine groups is 1. The number of hydrogen-bond donors (Lipinski definition) is 20. The zero-order valence-corrected chi connectivity index (χ0v) is 64.0. The van der Waals surface area contributed by atoms with Crippen LogP contribution in [0.2, 0.25) is 0 Å². The van der Waals surface area contributed by atoms with Crippen LogP contribution < -0.4 is 104 Å². The SMILES string of the molecule is CC(C)C[C@@H](NC(=O)[C@H](N)CCCCN)C(=O)N[C@H](Cc1ccccc1)C(=O)N[C@H](CCCN=C(N)N)C(=O)N[C@H](Cc1cccc2ccccc12)C(=O)N[C@H](CCC(N)=O)C(=O)N[C@H](C)C(=O)N[C@H](CCCCN)C(=O)N[C@H](Cc1cccc2ccccc12)C(=O)N[C@H](CCCCN)C(=O)NCC(=O)N[C@H](CO)C(N)=O.